The Morgan fingerprint density at radius 2 is 1.87 bits per heavy atom. The summed E-state index contributed by atoms with van der Waals surface area (Å²) in [4.78, 5) is 12.3. The Balaban J connectivity index is 1.95. The third-order valence-corrected chi connectivity index (χ3v) is 4.58. The first kappa shape index (κ1) is 17.8. The lowest BCUT2D eigenvalue weighted by molar-refractivity contribution is -0.137. The van der Waals surface area contributed by atoms with E-state index in [-0.39, 0.29) is 17.4 Å². The molecule has 2 rings (SSSR count). The van der Waals surface area contributed by atoms with Gasteiger partial charge in [-0.3, -0.25) is 4.79 Å². The summed E-state index contributed by atoms with van der Waals surface area (Å²) in [7, 11) is 0. The topological polar surface area (TPSA) is 55.1 Å². The molecule has 1 amide bonds. The van der Waals surface area contributed by atoms with Gasteiger partial charge < -0.3 is 11.1 Å². The van der Waals surface area contributed by atoms with Crippen molar-refractivity contribution >= 4 is 5.91 Å². The summed E-state index contributed by atoms with van der Waals surface area (Å²) < 4.78 is 37.6. The molecular weight excluding hydrogens is 305 g/mol. The van der Waals surface area contributed by atoms with E-state index < -0.39 is 11.7 Å². The molecule has 0 aliphatic heterocycles. The van der Waals surface area contributed by atoms with Crippen LogP contribution in [0.4, 0.5) is 13.2 Å². The summed E-state index contributed by atoms with van der Waals surface area (Å²) in [6.07, 6.45) is -1.80. The second-order valence-electron chi connectivity index (χ2n) is 6.68. The molecule has 2 atom stereocenters. The minimum absolute atomic E-state index is 0.107. The van der Waals surface area contributed by atoms with E-state index >= 15 is 0 Å². The minimum Gasteiger partial charge on any atom is -0.349 e. The van der Waals surface area contributed by atoms with Crippen LogP contribution in [0.2, 0.25) is 0 Å². The van der Waals surface area contributed by atoms with Crippen LogP contribution in [0.3, 0.4) is 0 Å². The molecule has 1 fully saturated rings. The van der Waals surface area contributed by atoms with Gasteiger partial charge in [-0.25, -0.2) is 0 Å². The second-order valence-corrected chi connectivity index (χ2v) is 6.68. The van der Waals surface area contributed by atoms with E-state index in [9.17, 15) is 18.0 Å². The molecule has 23 heavy (non-hydrogen) atoms. The predicted octanol–water partition coefficient (Wildman–Crippen LogP) is 3.13. The number of carbonyl (C=O) groups is 1. The number of alkyl halides is 3. The number of benzene rings is 1. The summed E-state index contributed by atoms with van der Waals surface area (Å²) >= 11 is 0. The predicted molar refractivity (Wildman–Crippen MR) is 82.6 cm³/mol. The maximum absolute atomic E-state index is 12.5. The third-order valence-electron chi connectivity index (χ3n) is 4.58. The molecule has 128 valence electrons. The molecular formula is C17H23F3N2O. The quantitative estimate of drug-likeness (QED) is 0.843. The van der Waals surface area contributed by atoms with Crippen molar-refractivity contribution in [3.05, 3.63) is 35.4 Å². The van der Waals surface area contributed by atoms with Gasteiger partial charge in [0.2, 0.25) is 5.91 Å². The van der Waals surface area contributed by atoms with Crippen molar-refractivity contribution in [2.75, 3.05) is 6.54 Å². The van der Waals surface area contributed by atoms with Gasteiger partial charge in [-0.1, -0.05) is 19.1 Å². The lowest BCUT2D eigenvalue weighted by atomic mass is 9.93. The number of rotatable bonds is 6. The summed E-state index contributed by atoms with van der Waals surface area (Å²) in [6.45, 7) is 4.11. The zero-order chi connectivity index (χ0) is 17.3. The lowest BCUT2D eigenvalue weighted by Gasteiger charge is -2.31. The largest absolute Gasteiger partial charge is 0.416 e. The van der Waals surface area contributed by atoms with E-state index in [1.807, 2.05) is 6.92 Å². The molecule has 1 aliphatic rings. The van der Waals surface area contributed by atoms with Crippen LogP contribution in [0.25, 0.3) is 0 Å². The maximum Gasteiger partial charge on any atom is 0.416 e. The number of hydrogen-bond acceptors (Lipinski definition) is 2. The van der Waals surface area contributed by atoms with E-state index in [0.29, 0.717) is 24.4 Å². The van der Waals surface area contributed by atoms with Crippen molar-refractivity contribution in [2.45, 2.75) is 44.8 Å². The molecule has 0 spiro atoms. The first-order valence-electron chi connectivity index (χ1n) is 7.84. The number of hydrogen-bond donors (Lipinski definition) is 2. The molecule has 1 aliphatic carbocycles. The van der Waals surface area contributed by atoms with Crippen molar-refractivity contribution in [3.63, 3.8) is 0 Å². The average molecular weight is 328 g/mol. The Bertz CT molecular complexity index is 552. The summed E-state index contributed by atoms with van der Waals surface area (Å²) in [5.41, 5.74) is 5.43. The SMILES string of the molecule is CC(Cc1ccc(C(F)(F)F)cc1)C(=O)NC(C)(CN)C1CC1. The molecule has 0 saturated heterocycles. The second kappa shape index (κ2) is 6.51. The fourth-order valence-electron chi connectivity index (χ4n) is 2.72. The molecule has 6 heteroatoms. The highest BCUT2D eigenvalue weighted by Gasteiger charge is 2.42. The molecule has 0 radical (unpaired) electrons. The Kier molecular flexibility index (Phi) is 5.04. The average Bonchev–Trinajstić information content (AvgIpc) is 3.31. The maximum atomic E-state index is 12.5. The van der Waals surface area contributed by atoms with Crippen molar-refractivity contribution < 1.29 is 18.0 Å². The fraction of sp³-hybridized carbons (Fsp3) is 0.588. The van der Waals surface area contributed by atoms with Crippen LogP contribution < -0.4 is 11.1 Å². The van der Waals surface area contributed by atoms with Crippen LogP contribution in [0.5, 0.6) is 0 Å². The van der Waals surface area contributed by atoms with E-state index in [4.69, 9.17) is 5.73 Å². The van der Waals surface area contributed by atoms with Crippen LogP contribution in [0, 0.1) is 11.8 Å². The van der Waals surface area contributed by atoms with Gasteiger partial charge in [0.25, 0.3) is 0 Å². The monoisotopic (exact) mass is 328 g/mol. The van der Waals surface area contributed by atoms with Crippen LogP contribution in [0.15, 0.2) is 24.3 Å². The summed E-state index contributed by atoms with van der Waals surface area (Å²) in [5.74, 6) is -0.00386. The molecule has 1 saturated carbocycles. The Morgan fingerprint density at radius 1 is 1.30 bits per heavy atom. The van der Waals surface area contributed by atoms with Gasteiger partial charge >= 0.3 is 6.18 Å². The van der Waals surface area contributed by atoms with Crippen LogP contribution in [-0.2, 0) is 17.4 Å². The highest BCUT2D eigenvalue weighted by Crippen LogP contribution is 2.39. The van der Waals surface area contributed by atoms with E-state index in [1.165, 1.54) is 12.1 Å². The molecule has 3 nitrogen and oxygen atoms in total. The highest BCUT2D eigenvalue weighted by molar-refractivity contribution is 5.79. The van der Waals surface area contributed by atoms with Gasteiger partial charge in [-0.2, -0.15) is 13.2 Å². The zero-order valence-corrected chi connectivity index (χ0v) is 13.4. The number of nitrogens with one attached hydrogen (secondary N) is 1. The molecule has 1 aromatic carbocycles. The van der Waals surface area contributed by atoms with Crippen molar-refractivity contribution in [1.29, 1.82) is 0 Å². The summed E-state index contributed by atoms with van der Waals surface area (Å²) in [5, 5.41) is 3.02. The van der Waals surface area contributed by atoms with Crippen molar-refractivity contribution in [1.82, 2.24) is 5.32 Å². The third kappa shape index (κ3) is 4.47. The van der Waals surface area contributed by atoms with Crippen LogP contribution in [-0.4, -0.2) is 18.0 Å². The number of nitrogens with two attached hydrogens (primary N) is 1. The van der Waals surface area contributed by atoms with Crippen LogP contribution in [0.1, 0.15) is 37.8 Å². The minimum atomic E-state index is -4.34. The van der Waals surface area contributed by atoms with Gasteiger partial charge in [-0.05, 0) is 49.8 Å². The molecule has 0 aromatic heterocycles. The Labute approximate surface area is 134 Å². The van der Waals surface area contributed by atoms with Crippen molar-refractivity contribution in [3.8, 4) is 0 Å². The summed E-state index contributed by atoms with van der Waals surface area (Å²) in [6, 6.07) is 4.95. The van der Waals surface area contributed by atoms with E-state index in [2.05, 4.69) is 5.32 Å². The molecule has 1 aromatic rings. The van der Waals surface area contributed by atoms with E-state index in [0.717, 1.165) is 25.0 Å². The normalized spacial score (nSPS) is 19.0. The lowest BCUT2D eigenvalue weighted by Crippen LogP contribution is -2.54. The first-order valence-corrected chi connectivity index (χ1v) is 7.84. The van der Waals surface area contributed by atoms with E-state index in [1.54, 1.807) is 6.92 Å². The molecule has 3 N–H and O–H groups in total. The number of carbonyl (C=O) groups excluding carboxylic acids is 1. The Hall–Kier alpha value is -1.56. The number of amides is 1. The zero-order valence-electron chi connectivity index (χ0n) is 13.4. The van der Waals surface area contributed by atoms with Gasteiger partial charge in [0.15, 0.2) is 0 Å². The fourth-order valence-corrected chi connectivity index (χ4v) is 2.72. The van der Waals surface area contributed by atoms with Gasteiger partial charge in [-0.15, -0.1) is 0 Å². The smallest absolute Gasteiger partial charge is 0.349 e. The van der Waals surface area contributed by atoms with Crippen molar-refractivity contribution in [2.24, 2.45) is 17.6 Å². The molecule has 0 bridgehead atoms. The first-order chi connectivity index (χ1) is 10.7. The molecule has 0 heterocycles. The standard InChI is InChI=1S/C17H23F3N2O/c1-11(15(23)22-16(2,10-21)13-7-8-13)9-12-3-5-14(6-4-12)17(18,19)20/h3-6,11,13H,7-10,21H2,1-2H3,(H,22,23). The Morgan fingerprint density at radius 3 is 2.30 bits per heavy atom. The van der Waals surface area contributed by atoms with Gasteiger partial charge in [0.1, 0.15) is 0 Å². The number of halogens is 3. The highest BCUT2D eigenvalue weighted by atomic mass is 19.4. The van der Waals surface area contributed by atoms with Gasteiger partial charge in [0, 0.05) is 12.5 Å². The van der Waals surface area contributed by atoms with Gasteiger partial charge in [0.05, 0.1) is 11.1 Å². The molecule has 2 unspecified atom stereocenters. The van der Waals surface area contributed by atoms with Crippen LogP contribution >= 0.6 is 0 Å².